The largest absolute Gasteiger partial charge is 0.480 e. The number of carbonyl (C=O) groups is 3. The van der Waals surface area contributed by atoms with Crippen LogP contribution in [0.2, 0.25) is 0 Å². The van der Waals surface area contributed by atoms with Crippen molar-refractivity contribution in [1.82, 2.24) is 10.6 Å². The molecule has 0 aromatic heterocycles. The van der Waals surface area contributed by atoms with Crippen LogP contribution >= 0.6 is 0 Å². The Morgan fingerprint density at radius 3 is 2.18 bits per heavy atom. The minimum Gasteiger partial charge on any atom is -0.480 e. The van der Waals surface area contributed by atoms with Gasteiger partial charge in [-0.15, -0.1) is 0 Å². The maximum absolute atomic E-state index is 12.6. The summed E-state index contributed by atoms with van der Waals surface area (Å²) >= 11 is 0. The first-order valence-corrected chi connectivity index (χ1v) is 11.9. The van der Waals surface area contributed by atoms with E-state index in [4.69, 9.17) is 4.74 Å². The Labute approximate surface area is 200 Å². The molecule has 3 rings (SSSR count). The van der Waals surface area contributed by atoms with Gasteiger partial charge in [0.2, 0.25) is 5.91 Å². The van der Waals surface area contributed by atoms with Crippen LogP contribution in [-0.2, 0) is 14.3 Å². The van der Waals surface area contributed by atoms with Crippen molar-refractivity contribution >= 4 is 18.0 Å². The van der Waals surface area contributed by atoms with Gasteiger partial charge in [0.05, 0.1) is 0 Å². The SMILES string of the molecule is CCCCC(NC(=O)C(C)(C)CCNC(=O)OCC1c2ccccc2-c2ccccc21)C(=O)O. The lowest BCUT2D eigenvalue weighted by molar-refractivity contribution is -0.143. The van der Waals surface area contributed by atoms with Crippen molar-refractivity contribution in [2.45, 2.75) is 58.4 Å². The lowest BCUT2D eigenvalue weighted by Gasteiger charge is -2.26. The second kappa shape index (κ2) is 11.2. The first-order valence-electron chi connectivity index (χ1n) is 11.9. The number of alkyl carbamates (subject to hydrolysis) is 1. The number of nitrogens with one attached hydrogen (secondary N) is 2. The van der Waals surface area contributed by atoms with E-state index in [0.29, 0.717) is 12.8 Å². The third-order valence-electron chi connectivity index (χ3n) is 6.43. The molecule has 0 saturated heterocycles. The molecule has 0 aliphatic heterocycles. The van der Waals surface area contributed by atoms with Crippen molar-refractivity contribution in [1.29, 1.82) is 0 Å². The molecule has 34 heavy (non-hydrogen) atoms. The molecule has 7 heteroatoms. The molecule has 3 N–H and O–H groups in total. The van der Waals surface area contributed by atoms with E-state index < -0.39 is 23.5 Å². The fourth-order valence-electron chi connectivity index (χ4n) is 4.26. The predicted octanol–water partition coefficient (Wildman–Crippen LogP) is 4.70. The van der Waals surface area contributed by atoms with E-state index in [-0.39, 0.29) is 25.0 Å². The Morgan fingerprint density at radius 2 is 1.62 bits per heavy atom. The van der Waals surface area contributed by atoms with Gasteiger partial charge < -0.3 is 20.5 Å². The second-order valence-corrected chi connectivity index (χ2v) is 9.39. The normalized spacial score (nSPS) is 13.5. The third-order valence-corrected chi connectivity index (χ3v) is 6.43. The van der Waals surface area contributed by atoms with E-state index >= 15 is 0 Å². The molecule has 2 aromatic rings. The maximum atomic E-state index is 12.6. The summed E-state index contributed by atoms with van der Waals surface area (Å²) in [6.45, 7) is 5.91. The molecule has 0 spiro atoms. The first-order chi connectivity index (χ1) is 16.2. The predicted molar refractivity (Wildman–Crippen MR) is 131 cm³/mol. The number of aliphatic carboxylic acids is 1. The minimum absolute atomic E-state index is 0.0172. The molecule has 1 aliphatic carbocycles. The van der Waals surface area contributed by atoms with Crippen LogP contribution in [-0.4, -0.2) is 42.3 Å². The summed E-state index contributed by atoms with van der Waals surface area (Å²) in [6.07, 6.45) is 1.78. The van der Waals surface area contributed by atoms with Crippen LogP contribution in [0.1, 0.15) is 63.5 Å². The quantitative estimate of drug-likeness (QED) is 0.445. The van der Waals surface area contributed by atoms with Gasteiger partial charge in [-0.05, 0) is 35.1 Å². The molecule has 0 fully saturated rings. The lowest BCUT2D eigenvalue weighted by Crippen LogP contribution is -2.47. The summed E-state index contributed by atoms with van der Waals surface area (Å²) in [5.41, 5.74) is 3.78. The molecule has 2 aromatic carbocycles. The second-order valence-electron chi connectivity index (χ2n) is 9.39. The van der Waals surface area contributed by atoms with Gasteiger partial charge in [0.1, 0.15) is 12.6 Å². The van der Waals surface area contributed by atoms with Crippen molar-refractivity contribution in [3.63, 3.8) is 0 Å². The number of ether oxygens (including phenoxy) is 1. The number of unbranched alkanes of at least 4 members (excludes halogenated alkanes) is 1. The van der Waals surface area contributed by atoms with E-state index in [9.17, 15) is 19.5 Å². The van der Waals surface area contributed by atoms with Crippen LogP contribution in [0, 0.1) is 5.41 Å². The van der Waals surface area contributed by atoms with Crippen LogP contribution < -0.4 is 10.6 Å². The minimum atomic E-state index is -1.03. The summed E-state index contributed by atoms with van der Waals surface area (Å²) in [7, 11) is 0. The zero-order chi connectivity index (χ0) is 24.7. The number of hydrogen-bond donors (Lipinski definition) is 3. The van der Waals surface area contributed by atoms with Gasteiger partial charge in [0, 0.05) is 17.9 Å². The topological polar surface area (TPSA) is 105 Å². The number of carboxylic acids is 1. The van der Waals surface area contributed by atoms with Crippen LogP contribution in [0.4, 0.5) is 4.79 Å². The number of carbonyl (C=O) groups excluding carboxylic acids is 2. The fourth-order valence-corrected chi connectivity index (χ4v) is 4.26. The van der Waals surface area contributed by atoms with Crippen LogP contribution in [0.3, 0.4) is 0 Å². The molecular formula is C27H34N2O5. The van der Waals surface area contributed by atoms with Crippen LogP contribution in [0.15, 0.2) is 48.5 Å². The summed E-state index contributed by atoms with van der Waals surface area (Å²) in [4.78, 5) is 36.4. The van der Waals surface area contributed by atoms with Gasteiger partial charge in [0.15, 0.2) is 0 Å². The summed E-state index contributed by atoms with van der Waals surface area (Å²) < 4.78 is 5.53. The zero-order valence-corrected chi connectivity index (χ0v) is 20.1. The average Bonchev–Trinajstić information content (AvgIpc) is 3.13. The van der Waals surface area contributed by atoms with Gasteiger partial charge in [-0.2, -0.15) is 0 Å². The molecule has 0 bridgehead atoms. The molecular weight excluding hydrogens is 432 g/mol. The smallest absolute Gasteiger partial charge is 0.407 e. The highest BCUT2D eigenvalue weighted by atomic mass is 16.5. The lowest BCUT2D eigenvalue weighted by atomic mass is 9.87. The molecule has 1 aliphatic rings. The van der Waals surface area contributed by atoms with Crippen molar-refractivity contribution in [3.05, 3.63) is 59.7 Å². The Hall–Kier alpha value is -3.35. The highest BCUT2D eigenvalue weighted by molar-refractivity contribution is 5.87. The van der Waals surface area contributed by atoms with E-state index in [0.717, 1.165) is 24.0 Å². The Bertz CT molecular complexity index is 988. The molecule has 2 amide bonds. The number of rotatable bonds is 11. The van der Waals surface area contributed by atoms with E-state index in [1.807, 2.05) is 31.2 Å². The van der Waals surface area contributed by atoms with Crippen molar-refractivity contribution in [3.8, 4) is 11.1 Å². The van der Waals surface area contributed by atoms with Gasteiger partial charge in [-0.3, -0.25) is 4.79 Å². The number of hydrogen-bond acceptors (Lipinski definition) is 4. The molecule has 7 nitrogen and oxygen atoms in total. The van der Waals surface area contributed by atoms with Crippen molar-refractivity contribution < 1.29 is 24.2 Å². The highest BCUT2D eigenvalue weighted by Gasteiger charge is 2.32. The van der Waals surface area contributed by atoms with E-state index in [2.05, 4.69) is 34.9 Å². The molecule has 0 saturated carbocycles. The highest BCUT2D eigenvalue weighted by Crippen LogP contribution is 2.44. The van der Waals surface area contributed by atoms with Crippen LogP contribution in [0.25, 0.3) is 11.1 Å². The van der Waals surface area contributed by atoms with Gasteiger partial charge in [-0.1, -0.05) is 82.1 Å². The van der Waals surface area contributed by atoms with Gasteiger partial charge in [-0.25, -0.2) is 9.59 Å². The number of amides is 2. The number of carboxylic acid groups (broad SMARTS) is 1. The molecule has 182 valence electrons. The molecule has 0 radical (unpaired) electrons. The zero-order valence-electron chi connectivity index (χ0n) is 20.1. The van der Waals surface area contributed by atoms with E-state index in [1.54, 1.807) is 13.8 Å². The van der Waals surface area contributed by atoms with Gasteiger partial charge >= 0.3 is 12.1 Å². The fraction of sp³-hybridized carbons (Fsp3) is 0.444. The average molecular weight is 467 g/mol. The van der Waals surface area contributed by atoms with Crippen molar-refractivity contribution in [2.24, 2.45) is 5.41 Å². The summed E-state index contributed by atoms with van der Waals surface area (Å²) in [6, 6.07) is 15.4. The van der Waals surface area contributed by atoms with Gasteiger partial charge in [0.25, 0.3) is 0 Å². The summed E-state index contributed by atoms with van der Waals surface area (Å²) in [5.74, 6) is -1.39. The van der Waals surface area contributed by atoms with Crippen molar-refractivity contribution in [2.75, 3.05) is 13.2 Å². The Morgan fingerprint density at radius 1 is 1.03 bits per heavy atom. The Balaban J connectivity index is 1.49. The first kappa shape index (κ1) is 25.3. The third kappa shape index (κ3) is 5.95. The standard InChI is InChI=1S/C27H34N2O5/c1-4-5-14-23(24(30)31)29-25(32)27(2,3)15-16-28-26(33)34-17-22-20-12-8-6-10-18(20)19-11-7-9-13-21(19)22/h6-13,22-23H,4-5,14-17H2,1-3H3,(H,28,33)(H,29,32)(H,30,31). The number of benzene rings is 2. The maximum Gasteiger partial charge on any atom is 0.407 e. The van der Waals surface area contributed by atoms with E-state index in [1.165, 1.54) is 11.1 Å². The van der Waals surface area contributed by atoms with Crippen LogP contribution in [0.5, 0.6) is 0 Å². The monoisotopic (exact) mass is 466 g/mol. The molecule has 1 atom stereocenters. The molecule has 0 heterocycles. The number of fused-ring (bicyclic) bond motifs is 3. The molecule has 1 unspecified atom stereocenters. The Kier molecular flexibility index (Phi) is 8.31. The summed E-state index contributed by atoms with van der Waals surface area (Å²) in [5, 5.41) is 14.7.